The molecule has 100 valence electrons. The summed E-state index contributed by atoms with van der Waals surface area (Å²) in [4.78, 5) is 15.9. The minimum atomic E-state index is -0.272. The molecule has 19 heavy (non-hydrogen) atoms. The van der Waals surface area contributed by atoms with Crippen LogP contribution >= 0.6 is 11.3 Å². The highest BCUT2D eigenvalue weighted by molar-refractivity contribution is 7.14. The molecule has 2 amide bonds. The number of hydrogen-bond acceptors (Lipinski definition) is 4. The average molecular weight is 277 g/mol. The van der Waals surface area contributed by atoms with Crippen molar-refractivity contribution in [2.75, 3.05) is 25.6 Å². The van der Waals surface area contributed by atoms with Crippen LogP contribution in [0.1, 0.15) is 0 Å². The molecule has 0 unspecified atom stereocenters. The Balaban J connectivity index is 1.93. The highest BCUT2D eigenvalue weighted by atomic mass is 32.1. The summed E-state index contributed by atoms with van der Waals surface area (Å²) in [6.07, 6.45) is 0. The van der Waals surface area contributed by atoms with Crippen molar-refractivity contribution in [1.82, 2.24) is 10.3 Å². The zero-order valence-corrected chi connectivity index (χ0v) is 11.4. The highest BCUT2D eigenvalue weighted by Gasteiger charge is 2.06. The number of rotatable bonds is 5. The van der Waals surface area contributed by atoms with Crippen molar-refractivity contribution in [3.05, 3.63) is 35.7 Å². The van der Waals surface area contributed by atoms with Gasteiger partial charge in [0.25, 0.3) is 0 Å². The Labute approximate surface area is 115 Å². The number of aromatic nitrogens is 1. The fourth-order valence-corrected chi connectivity index (χ4v) is 2.20. The maximum Gasteiger partial charge on any atom is 0.321 e. The summed E-state index contributed by atoms with van der Waals surface area (Å²) in [6.45, 7) is 0.958. The average Bonchev–Trinajstić information content (AvgIpc) is 2.88. The number of nitrogens with one attached hydrogen (secondary N) is 2. The number of amides is 2. The topological polar surface area (TPSA) is 63.2 Å². The van der Waals surface area contributed by atoms with Gasteiger partial charge < -0.3 is 10.1 Å². The third-order valence-electron chi connectivity index (χ3n) is 2.39. The van der Waals surface area contributed by atoms with Crippen molar-refractivity contribution in [2.45, 2.75) is 0 Å². The lowest BCUT2D eigenvalue weighted by atomic mass is 10.2. The number of carbonyl (C=O) groups excluding carboxylic acids is 1. The summed E-state index contributed by atoms with van der Waals surface area (Å²) in [6, 6.07) is 9.57. The van der Waals surface area contributed by atoms with E-state index in [1.54, 1.807) is 7.11 Å². The molecule has 2 aromatic rings. The van der Waals surface area contributed by atoms with E-state index < -0.39 is 0 Å². The molecule has 0 aliphatic heterocycles. The summed E-state index contributed by atoms with van der Waals surface area (Å²) in [7, 11) is 1.59. The minimum absolute atomic E-state index is 0.272. The van der Waals surface area contributed by atoms with Gasteiger partial charge in [0.2, 0.25) is 0 Å². The van der Waals surface area contributed by atoms with Gasteiger partial charge in [-0.2, -0.15) is 0 Å². The SMILES string of the molecule is COCCNC(=O)Nc1nc(-c2ccccc2)cs1. The molecular formula is C13H15N3O2S. The Kier molecular flexibility index (Phi) is 4.88. The maximum atomic E-state index is 11.5. The van der Waals surface area contributed by atoms with E-state index in [0.29, 0.717) is 18.3 Å². The largest absolute Gasteiger partial charge is 0.383 e. The van der Waals surface area contributed by atoms with Gasteiger partial charge in [0, 0.05) is 24.6 Å². The van der Waals surface area contributed by atoms with E-state index in [2.05, 4.69) is 15.6 Å². The zero-order valence-electron chi connectivity index (χ0n) is 10.6. The summed E-state index contributed by atoms with van der Waals surface area (Å²) in [5, 5.41) is 7.86. The Hall–Kier alpha value is -1.92. The van der Waals surface area contributed by atoms with Crippen LogP contribution in [-0.2, 0) is 4.74 Å². The van der Waals surface area contributed by atoms with Crippen LogP contribution in [0.2, 0.25) is 0 Å². The number of urea groups is 1. The number of nitrogens with zero attached hydrogens (tertiary/aromatic N) is 1. The molecule has 0 bridgehead atoms. The van der Waals surface area contributed by atoms with Gasteiger partial charge in [-0.25, -0.2) is 9.78 Å². The predicted octanol–water partition coefficient (Wildman–Crippen LogP) is 2.58. The van der Waals surface area contributed by atoms with Crippen molar-refractivity contribution < 1.29 is 9.53 Å². The first-order valence-corrected chi connectivity index (χ1v) is 6.72. The first-order chi connectivity index (χ1) is 9.29. The maximum absolute atomic E-state index is 11.5. The van der Waals surface area contributed by atoms with Gasteiger partial charge in [0.1, 0.15) is 0 Å². The molecule has 0 fully saturated rings. The van der Waals surface area contributed by atoms with Gasteiger partial charge >= 0.3 is 6.03 Å². The molecule has 5 nitrogen and oxygen atoms in total. The van der Waals surface area contributed by atoms with Crippen molar-refractivity contribution >= 4 is 22.5 Å². The second kappa shape index (κ2) is 6.86. The van der Waals surface area contributed by atoms with E-state index in [1.165, 1.54) is 11.3 Å². The molecular weight excluding hydrogens is 262 g/mol. The molecule has 1 heterocycles. The number of hydrogen-bond donors (Lipinski definition) is 2. The Morgan fingerprint density at radius 1 is 1.37 bits per heavy atom. The molecule has 2 rings (SSSR count). The lowest BCUT2D eigenvalue weighted by molar-refractivity contribution is 0.198. The van der Waals surface area contributed by atoms with Crippen molar-refractivity contribution in [3.8, 4) is 11.3 Å². The highest BCUT2D eigenvalue weighted by Crippen LogP contribution is 2.24. The molecule has 0 spiro atoms. The third-order valence-corrected chi connectivity index (χ3v) is 3.14. The van der Waals surface area contributed by atoms with Crippen LogP contribution in [0, 0.1) is 0 Å². The van der Waals surface area contributed by atoms with E-state index in [-0.39, 0.29) is 6.03 Å². The quantitative estimate of drug-likeness (QED) is 0.826. The molecule has 0 atom stereocenters. The Morgan fingerprint density at radius 3 is 2.89 bits per heavy atom. The third kappa shape index (κ3) is 4.04. The Bertz CT molecular complexity index is 528. The molecule has 0 saturated heterocycles. The number of carbonyl (C=O) groups is 1. The number of ether oxygens (including phenoxy) is 1. The molecule has 0 aliphatic carbocycles. The monoisotopic (exact) mass is 277 g/mol. The predicted molar refractivity (Wildman–Crippen MR) is 76.4 cm³/mol. The van der Waals surface area contributed by atoms with Crippen LogP contribution < -0.4 is 10.6 Å². The molecule has 6 heteroatoms. The summed E-state index contributed by atoms with van der Waals surface area (Å²) in [5.74, 6) is 0. The van der Waals surface area contributed by atoms with Gasteiger partial charge in [0.15, 0.2) is 5.13 Å². The molecule has 1 aromatic carbocycles. The Morgan fingerprint density at radius 2 is 2.16 bits per heavy atom. The fourth-order valence-electron chi connectivity index (χ4n) is 1.48. The molecule has 0 aliphatic rings. The fraction of sp³-hybridized carbons (Fsp3) is 0.231. The normalized spacial score (nSPS) is 10.2. The summed E-state index contributed by atoms with van der Waals surface area (Å²) >= 11 is 1.40. The van der Waals surface area contributed by atoms with Crippen LogP contribution in [0.3, 0.4) is 0 Å². The molecule has 1 aromatic heterocycles. The number of benzene rings is 1. The van der Waals surface area contributed by atoms with Crippen LogP contribution in [0.15, 0.2) is 35.7 Å². The van der Waals surface area contributed by atoms with Gasteiger partial charge in [-0.1, -0.05) is 30.3 Å². The lowest BCUT2D eigenvalue weighted by Crippen LogP contribution is -2.31. The van der Waals surface area contributed by atoms with Gasteiger partial charge in [-0.15, -0.1) is 11.3 Å². The van der Waals surface area contributed by atoms with E-state index in [0.717, 1.165) is 11.3 Å². The van der Waals surface area contributed by atoms with Crippen LogP contribution in [0.25, 0.3) is 11.3 Å². The second-order valence-electron chi connectivity index (χ2n) is 3.78. The summed E-state index contributed by atoms with van der Waals surface area (Å²) in [5.41, 5.74) is 1.89. The molecule has 0 saturated carbocycles. The van der Waals surface area contributed by atoms with Gasteiger partial charge in [-0.3, -0.25) is 5.32 Å². The minimum Gasteiger partial charge on any atom is -0.383 e. The molecule has 2 N–H and O–H groups in total. The molecule has 0 radical (unpaired) electrons. The van der Waals surface area contributed by atoms with Crippen molar-refractivity contribution in [3.63, 3.8) is 0 Å². The van der Waals surface area contributed by atoms with E-state index >= 15 is 0 Å². The van der Waals surface area contributed by atoms with Crippen LogP contribution in [-0.4, -0.2) is 31.3 Å². The van der Waals surface area contributed by atoms with Gasteiger partial charge in [-0.05, 0) is 0 Å². The first kappa shape index (κ1) is 13.5. The number of anilines is 1. The van der Waals surface area contributed by atoms with Crippen LogP contribution in [0.4, 0.5) is 9.93 Å². The standard InChI is InChI=1S/C13H15N3O2S/c1-18-8-7-14-12(17)16-13-15-11(9-19-13)10-5-3-2-4-6-10/h2-6,9H,7-8H2,1H3,(H2,14,15,16,17). The van der Waals surface area contributed by atoms with Gasteiger partial charge in [0.05, 0.1) is 12.3 Å². The first-order valence-electron chi connectivity index (χ1n) is 5.84. The van der Waals surface area contributed by atoms with E-state index in [9.17, 15) is 4.79 Å². The summed E-state index contributed by atoms with van der Waals surface area (Å²) < 4.78 is 4.85. The second-order valence-corrected chi connectivity index (χ2v) is 4.64. The number of methoxy groups -OCH3 is 1. The lowest BCUT2D eigenvalue weighted by Gasteiger charge is -2.03. The zero-order chi connectivity index (χ0) is 13.5. The van der Waals surface area contributed by atoms with Crippen LogP contribution in [0.5, 0.6) is 0 Å². The van der Waals surface area contributed by atoms with Crippen molar-refractivity contribution in [2.24, 2.45) is 0 Å². The van der Waals surface area contributed by atoms with E-state index in [1.807, 2.05) is 35.7 Å². The van der Waals surface area contributed by atoms with Crippen molar-refractivity contribution in [1.29, 1.82) is 0 Å². The smallest absolute Gasteiger partial charge is 0.321 e. The number of thiazole rings is 1. The van der Waals surface area contributed by atoms with E-state index in [4.69, 9.17) is 4.74 Å².